The molecular formula is C24H29N3O3S. The van der Waals surface area contributed by atoms with E-state index in [1.54, 1.807) is 10.9 Å². The maximum atomic E-state index is 13.0. The van der Waals surface area contributed by atoms with Gasteiger partial charge in [-0.2, -0.15) is 0 Å². The van der Waals surface area contributed by atoms with Crippen LogP contribution in [0.15, 0.2) is 41.5 Å². The summed E-state index contributed by atoms with van der Waals surface area (Å²) >= 11 is 1.47. The summed E-state index contributed by atoms with van der Waals surface area (Å²) < 4.78 is 14.2. The van der Waals surface area contributed by atoms with Crippen LogP contribution in [0.4, 0.5) is 0 Å². The van der Waals surface area contributed by atoms with Gasteiger partial charge in [0.15, 0.2) is 0 Å². The summed E-state index contributed by atoms with van der Waals surface area (Å²) in [7, 11) is 2.24. The van der Waals surface area contributed by atoms with Crippen molar-refractivity contribution in [3.05, 3.63) is 51.9 Å². The molecule has 0 amide bonds. The van der Waals surface area contributed by atoms with Gasteiger partial charge in [-0.25, -0.2) is 4.98 Å². The van der Waals surface area contributed by atoms with Gasteiger partial charge in [-0.3, -0.25) is 9.36 Å². The summed E-state index contributed by atoms with van der Waals surface area (Å²) in [5.41, 5.74) is 1.49. The number of nitrogens with zero attached hydrogens (tertiary/aromatic N) is 3. The van der Waals surface area contributed by atoms with Gasteiger partial charge in [-0.15, -0.1) is 11.3 Å². The second kappa shape index (κ2) is 8.73. The second-order valence-corrected chi connectivity index (χ2v) is 9.79. The average Bonchev–Trinajstić information content (AvgIpc) is 3.26. The number of hydrogen-bond acceptors (Lipinski definition) is 6. The molecule has 2 bridgehead atoms. The molecule has 2 aliphatic heterocycles. The van der Waals surface area contributed by atoms with Gasteiger partial charge in [0.25, 0.3) is 5.56 Å². The fraction of sp³-hybridized carbons (Fsp3) is 0.500. The van der Waals surface area contributed by atoms with Crippen LogP contribution >= 0.6 is 11.3 Å². The van der Waals surface area contributed by atoms with Gasteiger partial charge in [-0.05, 0) is 69.5 Å². The van der Waals surface area contributed by atoms with E-state index < -0.39 is 0 Å². The lowest BCUT2D eigenvalue weighted by Gasteiger charge is -2.36. The molecule has 7 heteroatoms. The molecule has 0 saturated carbocycles. The smallest absolute Gasteiger partial charge is 0.275 e. The summed E-state index contributed by atoms with van der Waals surface area (Å²) in [6.07, 6.45) is 7.63. The predicted octanol–water partition coefficient (Wildman–Crippen LogP) is 4.38. The molecule has 4 heterocycles. The first-order valence-electron chi connectivity index (χ1n) is 11.2. The molecular weight excluding hydrogens is 410 g/mol. The van der Waals surface area contributed by atoms with Crippen molar-refractivity contribution in [1.82, 2.24) is 14.5 Å². The number of fused-ring (bicyclic) bond motifs is 3. The Morgan fingerprint density at radius 3 is 2.61 bits per heavy atom. The fourth-order valence-corrected chi connectivity index (χ4v) is 5.85. The zero-order valence-electron chi connectivity index (χ0n) is 18.1. The van der Waals surface area contributed by atoms with E-state index in [0.717, 1.165) is 47.7 Å². The minimum atomic E-state index is -0.0442. The quantitative estimate of drug-likeness (QED) is 0.512. The lowest BCUT2D eigenvalue weighted by molar-refractivity contribution is 0.0662. The Balaban J connectivity index is 1.31. The van der Waals surface area contributed by atoms with Gasteiger partial charge in [0.1, 0.15) is 22.9 Å². The Kier molecular flexibility index (Phi) is 5.82. The summed E-state index contributed by atoms with van der Waals surface area (Å²) in [6, 6.07) is 11.1. The van der Waals surface area contributed by atoms with Gasteiger partial charge in [-0.1, -0.05) is 6.92 Å². The third-order valence-corrected chi connectivity index (χ3v) is 7.64. The van der Waals surface area contributed by atoms with Gasteiger partial charge in [0.2, 0.25) is 0 Å². The topological polar surface area (TPSA) is 56.6 Å². The molecule has 31 heavy (non-hydrogen) atoms. The number of piperidine rings is 1. The first kappa shape index (κ1) is 20.7. The molecule has 0 spiro atoms. The van der Waals surface area contributed by atoms with Crippen LogP contribution in [0.25, 0.3) is 15.9 Å². The highest BCUT2D eigenvalue weighted by molar-refractivity contribution is 7.18. The minimum Gasteiger partial charge on any atom is -0.490 e. The Morgan fingerprint density at radius 2 is 1.90 bits per heavy atom. The fourth-order valence-electron chi connectivity index (χ4n) is 4.87. The summed E-state index contributed by atoms with van der Waals surface area (Å²) in [4.78, 5) is 21.1. The average molecular weight is 440 g/mol. The Hall–Kier alpha value is -2.22. The van der Waals surface area contributed by atoms with Crippen LogP contribution in [0.3, 0.4) is 0 Å². The van der Waals surface area contributed by atoms with E-state index >= 15 is 0 Å². The molecule has 3 atom stereocenters. The van der Waals surface area contributed by atoms with Crippen LogP contribution in [-0.4, -0.2) is 46.3 Å². The number of ether oxygens (including phenoxy) is 2. The molecule has 5 rings (SSSR count). The van der Waals surface area contributed by atoms with Crippen molar-refractivity contribution in [2.24, 2.45) is 0 Å². The van der Waals surface area contributed by atoms with E-state index in [-0.39, 0.29) is 11.7 Å². The molecule has 2 fully saturated rings. The molecule has 0 N–H and O–H groups in total. The molecule has 0 radical (unpaired) electrons. The number of thiophene rings is 1. The first-order chi connectivity index (χ1) is 15.1. The van der Waals surface area contributed by atoms with Crippen molar-refractivity contribution in [3.8, 4) is 11.4 Å². The highest BCUT2D eigenvalue weighted by Crippen LogP contribution is 2.36. The van der Waals surface area contributed by atoms with Crippen LogP contribution in [-0.2, 0) is 11.3 Å². The van der Waals surface area contributed by atoms with Crippen molar-refractivity contribution >= 4 is 21.6 Å². The lowest BCUT2D eigenvalue weighted by Crippen LogP contribution is -2.43. The van der Waals surface area contributed by atoms with Gasteiger partial charge in [0, 0.05) is 23.6 Å². The number of rotatable bonds is 7. The number of benzene rings is 1. The minimum absolute atomic E-state index is 0.0442. The molecule has 2 aromatic heterocycles. The van der Waals surface area contributed by atoms with Crippen LogP contribution in [0.2, 0.25) is 0 Å². The summed E-state index contributed by atoms with van der Waals surface area (Å²) in [5.74, 6) is 0.867. The van der Waals surface area contributed by atoms with E-state index in [0.29, 0.717) is 23.4 Å². The molecule has 1 aromatic carbocycles. The monoisotopic (exact) mass is 439 g/mol. The van der Waals surface area contributed by atoms with Crippen molar-refractivity contribution in [2.45, 2.75) is 63.8 Å². The molecule has 3 aromatic rings. The van der Waals surface area contributed by atoms with Gasteiger partial charge >= 0.3 is 0 Å². The third kappa shape index (κ3) is 4.14. The van der Waals surface area contributed by atoms with Crippen LogP contribution in [0.1, 0.15) is 43.9 Å². The normalized spacial score (nSPS) is 23.5. The van der Waals surface area contributed by atoms with Crippen molar-refractivity contribution in [3.63, 3.8) is 0 Å². The Labute approximate surface area is 186 Å². The van der Waals surface area contributed by atoms with E-state index in [9.17, 15) is 4.79 Å². The first-order valence-corrected chi connectivity index (χ1v) is 12.0. The number of hydrogen-bond donors (Lipinski definition) is 0. The van der Waals surface area contributed by atoms with Gasteiger partial charge in [0.05, 0.1) is 17.8 Å². The molecule has 2 saturated heterocycles. The molecule has 0 unspecified atom stereocenters. The van der Waals surface area contributed by atoms with Crippen LogP contribution in [0, 0.1) is 0 Å². The summed E-state index contributed by atoms with van der Waals surface area (Å²) in [5, 5.41) is 0. The maximum Gasteiger partial charge on any atom is 0.275 e. The Bertz CT molecular complexity index is 1090. The zero-order chi connectivity index (χ0) is 21.4. The van der Waals surface area contributed by atoms with Crippen molar-refractivity contribution in [2.75, 3.05) is 13.7 Å². The van der Waals surface area contributed by atoms with Crippen molar-refractivity contribution < 1.29 is 9.47 Å². The lowest BCUT2D eigenvalue weighted by atomic mass is 10.0. The standard InChI is InChI=1S/C24H29N3O3S/c1-3-10-29-14-21-13-22-23(31-21)24(28)27(15-25-22)16-6-8-19(9-7-16)30-20-11-17-4-5-18(12-20)26(17)2/h6-9,13,15,17-18,20H,3-5,10-12,14H2,1-2H3/t17-,18+,20-. The number of aromatic nitrogens is 2. The van der Waals surface area contributed by atoms with E-state index in [2.05, 4.69) is 23.9 Å². The van der Waals surface area contributed by atoms with Crippen molar-refractivity contribution in [1.29, 1.82) is 0 Å². The van der Waals surface area contributed by atoms with E-state index in [1.807, 2.05) is 30.3 Å². The van der Waals surface area contributed by atoms with E-state index in [4.69, 9.17) is 9.47 Å². The molecule has 6 nitrogen and oxygen atoms in total. The third-order valence-electron chi connectivity index (χ3n) is 6.55. The highest BCUT2D eigenvalue weighted by Gasteiger charge is 2.39. The van der Waals surface area contributed by atoms with Crippen LogP contribution < -0.4 is 10.3 Å². The predicted molar refractivity (Wildman–Crippen MR) is 123 cm³/mol. The largest absolute Gasteiger partial charge is 0.490 e. The van der Waals surface area contributed by atoms with Gasteiger partial charge < -0.3 is 14.4 Å². The van der Waals surface area contributed by atoms with Crippen LogP contribution in [0.5, 0.6) is 5.75 Å². The second-order valence-electron chi connectivity index (χ2n) is 8.66. The highest BCUT2D eigenvalue weighted by atomic mass is 32.1. The molecule has 2 aliphatic rings. The molecule has 0 aliphatic carbocycles. The Morgan fingerprint density at radius 1 is 1.16 bits per heavy atom. The maximum absolute atomic E-state index is 13.0. The summed E-state index contributed by atoms with van der Waals surface area (Å²) in [6.45, 7) is 3.33. The SMILES string of the molecule is CCCOCc1cc2ncn(-c3ccc(O[C@@H]4C[C@H]5CC[C@@H](C4)N5C)cc3)c(=O)c2s1. The zero-order valence-corrected chi connectivity index (χ0v) is 18.9. The van der Waals surface area contributed by atoms with E-state index in [1.165, 1.54) is 24.2 Å². The molecule has 164 valence electrons.